The predicted octanol–water partition coefficient (Wildman–Crippen LogP) is 5.20. The Hall–Kier alpha value is -2.16. The Kier molecular flexibility index (Phi) is 5.09. The first kappa shape index (κ1) is 15.2. The molecule has 0 atom stereocenters. The van der Waals surface area contributed by atoms with Gasteiger partial charge >= 0.3 is 0 Å². The van der Waals surface area contributed by atoms with E-state index in [1.54, 1.807) is 12.1 Å². The number of hydrogen-bond donors (Lipinski definition) is 0. The van der Waals surface area contributed by atoms with Crippen LogP contribution in [-0.2, 0) is 11.2 Å². The lowest BCUT2D eigenvalue weighted by Gasteiger charge is -2.07. The van der Waals surface area contributed by atoms with Gasteiger partial charge in [0.15, 0.2) is 11.6 Å². The third-order valence-electron chi connectivity index (χ3n) is 3.30. The van der Waals surface area contributed by atoms with E-state index in [2.05, 4.69) is 6.92 Å². The van der Waals surface area contributed by atoms with Gasteiger partial charge in [0.05, 0.1) is 13.4 Å². The number of methoxy groups -OCH3 is 1. The van der Waals surface area contributed by atoms with E-state index < -0.39 is 11.6 Å². The van der Waals surface area contributed by atoms with Crippen molar-refractivity contribution in [3.8, 4) is 11.1 Å². The van der Waals surface area contributed by atoms with Gasteiger partial charge in [0, 0.05) is 11.1 Å². The fraction of sp³-hybridized carbons (Fsp3) is 0.222. The molecule has 110 valence electrons. The molecule has 2 aromatic carbocycles. The maximum atomic E-state index is 14.2. The van der Waals surface area contributed by atoms with Gasteiger partial charge in [-0.25, -0.2) is 8.78 Å². The molecule has 0 saturated heterocycles. The first-order chi connectivity index (χ1) is 10.2. The largest absolute Gasteiger partial charge is 0.504 e. The summed E-state index contributed by atoms with van der Waals surface area (Å²) in [5.74, 6) is -1.70. The number of rotatable bonds is 5. The highest BCUT2D eigenvalue weighted by Gasteiger charge is 2.13. The second kappa shape index (κ2) is 7.02. The molecule has 0 saturated carbocycles. The zero-order chi connectivity index (χ0) is 15.2. The Morgan fingerprint density at radius 2 is 1.71 bits per heavy atom. The van der Waals surface area contributed by atoms with Crippen LogP contribution in [0.3, 0.4) is 0 Å². The molecule has 0 amide bonds. The minimum absolute atomic E-state index is 0.167. The molecule has 0 bridgehead atoms. The van der Waals surface area contributed by atoms with Crippen LogP contribution in [0.1, 0.15) is 24.5 Å². The molecule has 0 radical (unpaired) electrons. The third kappa shape index (κ3) is 3.48. The Balaban J connectivity index is 2.36. The van der Waals surface area contributed by atoms with Crippen molar-refractivity contribution in [2.45, 2.75) is 19.8 Å². The number of ether oxygens (including phenoxy) is 1. The van der Waals surface area contributed by atoms with Crippen LogP contribution in [0.15, 0.2) is 42.7 Å². The van der Waals surface area contributed by atoms with Crippen LogP contribution in [0.4, 0.5) is 8.78 Å². The lowest BCUT2D eigenvalue weighted by atomic mass is 10.00. The number of hydrogen-bond acceptors (Lipinski definition) is 1. The van der Waals surface area contributed by atoms with Crippen LogP contribution in [0.25, 0.3) is 17.2 Å². The monoisotopic (exact) mass is 288 g/mol. The van der Waals surface area contributed by atoms with E-state index in [0.717, 1.165) is 12.8 Å². The Morgan fingerprint density at radius 3 is 2.33 bits per heavy atom. The maximum Gasteiger partial charge on any atom is 0.167 e. The summed E-state index contributed by atoms with van der Waals surface area (Å²) in [6.07, 6.45) is 4.75. The Morgan fingerprint density at radius 1 is 1.00 bits per heavy atom. The van der Waals surface area contributed by atoms with Gasteiger partial charge in [0.2, 0.25) is 0 Å². The molecule has 0 fully saturated rings. The number of aryl methyl sites for hydroxylation is 1. The summed E-state index contributed by atoms with van der Waals surface area (Å²) in [4.78, 5) is 0. The van der Waals surface area contributed by atoms with Gasteiger partial charge in [-0.3, -0.25) is 0 Å². The standard InChI is InChI=1S/C18H18F2O/c1-3-4-13-5-7-14(8-6-13)16-10-9-15(11-12-21-2)17(19)18(16)20/h5-12H,3-4H2,1-2H3. The quantitative estimate of drug-likeness (QED) is 0.687. The molecule has 0 N–H and O–H groups in total. The molecule has 21 heavy (non-hydrogen) atoms. The SMILES string of the molecule is CCCc1ccc(-c2ccc(C=COC)c(F)c2F)cc1. The van der Waals surface area contributed by atoms with Crippen molar-refractivity contribution in [1.82, 2.24) is 0 Å². The smallest absolute Gasteiger partial charge is 0.167 e. The van der Waals surface area contributed by atoms with Gasteiger partial charge in [0.1, 0.15) is 0 Å². The van der Waals surface area contributed by atoms with E-state index in [9.17, 15) is 8.78 Å². The Bertz CT molecular complexity index is 630. The van der Waals surface area contributed by atoms with E-state index in [1.807, 2.05) is 24.3 Å². The first-order valence-corrected chi connectivity index (χ1v) is 6.94. The van der Waals surface area contributed by atoms with Crippen molar-refractivity contribution in [1.29, 1.82) is 0 Å². The average Bonchev–Trinajstić information content (AvgIpc) is 2.50. The normalized spacial score (nSPS) is 11.0. The van der Waals surface area contributed by atoms with Gasteiger partial charge in [-0.2, -0.15) is 0 Å². The maximum absolute atomic E-state index is 14.2. The molecule has 0 aromatic heterocycles. The zero-order valence-electron chi connectivity index (χ0n) is 12.2. The molecule has 2 aromatic rings. The molecule has 0 heterocycles. The molecule has 1 nitrogen and oxygen atoms in total. The van der Waals surface area contributed by atoms with Crippen molar-refractivity contribution < 1.29 is 13.5 Å². The van der Waals surface area contributed by atoms with Crippen molar-refractivity contribution in [3.05, 3.63) is 65.4 Å². The minimum atomic E-state index is -0.863. The summed E-state index contributed by atoms with van der Waals surface area (Å²) in [5.41, 5.74) is 2.31. The topological polar surface area (TPSA) is 9.23 Å². The van der Waals surface area contributed by atoms with Gasteiger partial charge in [-0.15, -0.1) is 0 Å². The third-order valence-corrected chi connectivity index (χ3v) is 3.30. The van der Waals surface area contributed by atoms with Crippen LogP contribution in [0.5, 0.6) is 0 Å². The fourth-order valence-electron chi connectivity index (χ4n) is 2.20. The molecule has 0 aliphatic rings. The van der Waals surface area contributed by atoms with Crippen LogP contribution < -0.4 is 0 Å². The van der Waals surface area contributed by atoms with E-state index in [0.29, 0.717) is 5.56 Å². The van der Waals surface area contributed by atoms with E-state index >= 15 is 0 Å². The summed E-state index contributed by atoms with van der Waals surface area (Å²) in [5, 5.41) is 0. The molecule has 0 aliphatic carbocycles. The zero-order valence-corrected chi connectivity index (χ0v) is 12.2. The summed E-state index contributed by atoms with van der Waals surface area (Å²) >= 11 is 0. The lowest BCUT2D eigenvalue weighted by molar-refractivity contribution is 0.341. The number of benzene rings is 2. The molecular formula is C18H18F2O. The predicted molar refractivity (Wildman–Crippen MR) is 81.8 cm³/mol. The van der Waals surface area contributed by atoms with Crippen molar-refractivity contribution >= 4 is 6.08 Å². The van der Waals surface area contributed by atoms with Crippen LogP contribution in [-0.4, -0.2) is 7.11 Å². The van der Waals surface area contributed by atoms with Crippen molar-refractivity contribution in [3.63, 3.8) is 0 Å². The summed E-state index contributed by atoms with van der Waals surface area (Å²) in [7, 11) is 1.46. The molecule has 0 unspecified atom stereocenters. The second-order valence-corrected chi connectivity index (χ2v) is 4.82. The summed E-state index contributed by atoms with van der Waals surface area (Å²) in [6.45, 7) is 2.11. The van der Waals surface area contributed by atoms with Crippen molar-refractivity contribution in [2.24, 2.45) is 0 Å². The Labute approximate surface area is 123 Å². The van der Waals surface area contributed by atoms with E-state index in [-0.39, 0.29) is 11.1 Å². The molecular weight excluding hydrogens is 270 g/mol. The highest BCUT2D eigenvalue weighted by atomic mass is 19.2. The fourth-order valence-corrected chi connectivity index (χ4v) is 2.20. The average molecular weight is 288 g/mol. The molecule has 0 spiro atoms. The second-order valence-electron chi connectivity index (χ2n) is 4.82. The van der Waals surface area contributed by atoms with Gasteiger partial charge in [0.25, 0.3) is 0 Å². The number of halogens is 2. The van der Waals surface area contributed by atoms with Crippen LogP contribution >= 0.6 is 0 Å². The van der Waals surface area contributed by atoms with Crippen LogP contribution in [0, 0.1) is 11.6 Å². The van der Waals surface area contributed by atoms with Gasteiger partial charge in [-0.05, 0) is 23.6 Å². The van der Waals surface area contributed by atoms with E-state index in [1.165, 1.54) is 25.0 Å². The highest BCUT2D eigenvalue weighted by Crippen LogP contribution is 2.27. The van der Waals surface area contributed by atoms with Gasteiger partial charge < -0.3 is 4.74 Å². The lowest BCUT2D eigenvalue weighted by Crippen LogP contribution is -1.94. The van der Waals surface area contributed by atoms with Crippen LogP contribution in [0.2, 0.25) is 0 Å². The highest BCUT2D eigenvalue weighted by molar-refractivity contribution is 5.67. The van der Waals surface area contributed by atoms with E-state index in [4.69, 9.17) is 4.74 Å². The van der Waals surface area contributed by atoms with Crippen molar-refractivity contribution in [2.75, 3.05) is 7.11 Å². The molecule has 3 heteroatoms. The molecule has 2 rings (SSSR count). The molecule has 0 aliphatic heterocycles. The summed E-state index contributed by atoms with van der Waals surface area (Å²) < 4.78 is 32.9. The first-order valence-electron chi connectivity index (χ1n) is 6.94. The summed E-state index contributed by atoms with van der Waals surface area (Å²) in [6, 6.07) is 10.7. The minimum Gasteiger partial charge on any atom is -0.504 e. The van der Waals surface area contributed by atoms with Gasteiger partial charge in [-0.1, -0.05) is 49.7 Å².